The van der Waals surface area contributed by atoms with Gasteiger partial charge in [0.25, 0.3) is 0 Å². The number of aliphatic hydroxyl groups excluding tert-OH is 1. The van der Waals surface area contributed by atoms with E-state index in [-0.39, 0.29) is 31.1 Å². The molecule has 2 amide bonds. The molecule has 2 N–H and O–H groups in total. The highest BCUT2D eigenvalue weighted by atomic mass is 32.1. The third-order valence-corrected chi connectivity index (χ3v) is 11.0. The molecule has 0 spiro atoms. The standard InChI is InChI=1S/C36H46N4O5S/c1-23-32(44-2)17-16-31(39-23)25-8-6-24(7-9-25)22-40(35(42)27-12-14-30(15-13-27)45-36(43)37-18-19-41)29-5-3-4-28(20-29)33-21-38-34(46-33)26-10-11-26/h3-5,16-17,20-21,24-27,30,41H,6-15,18-19,22H2,1-2H3,(H,37,43)/t24-,25-,27-,30-. The predicted octanol–water partition coefficient (Wildman–Crippen LogP) is 6.98. The number of hydrogen-bond donors (Lipinski definition) is 2. The van der Waals surface area contributed by atoms with E-state index >= 15 is 0 Å². The SMILES string of the molecule is COc1ccc([C@H]2CC[C@H](CN(c3cccc(-c4cnc(C5CC5)s4)c3)C(=O)[C@H]3CC[C@H](OC(=O)NCCO)CC3)CC2)nc1C. The molecule has 3 aliphatic carbocycles. The van der Waals surface area contributed by atoms with E-state index in [0.29, 0.717) is 50.0 Å². The summed E-state index contributed by atoms with van der Waals surface area (Å²) >= 11 is 1.77. The lowest BCUT2D eigenvalue weighted by Crippen LogP contribution is -2.42. The molecule has 0 aliphatic heterocycles. The molecule has 1 aromatic carbocycles. The number of benzene rings is 1. The predicted molar refractivity (Wildman–Crippen MR) is 179 cm³/mol. The number of carbonyl (C=O) groups excluding carboxylic acids is 2. The fourth-order valence-electron chi connectivity index (χ4n) is 7.00. The fraction of sp³-hybridized carbons (Fsp3) is 0.556. The summed E-state index contributed by atoms with van der Waals surface area (Å²) in [5.41, 5.74) is 4.11. The van der Waals surface area contributed by atoms with Crippen molar-refractivity contribution in [1.29, 1.82) is 0 Å². The van der Waals surface area contributed by atoms with Gasteiger partial charge in [0.2, 0.25) is 5.91 Å². The van der Waals surface area contributed by atoms with Gasteiger partial charge in [-0.2, -0.15) is 0 Å². The van der Waals surface area contributed by atoms with Crippen LogP contribution in [0.1, 0.15) is 92.4 Å². The highest BCUT2D eigenvalue weighted by Crippen LogP contribution is 2.44. The van der Waals surface area contributed by atoms with Crippen LogP contribution in [0.25, 0.3) is 10.4 Å². The maximum absolute atomic E-state index is 14.3. The molecule has 0 bridgehead atoms. The van der Waals surface area contributed by atoms with Crippen LogP contribution in [0, 0.1) is 18.8 Å². The van der Waals surface area contributed by atoms with Crippen LogP contribution in [0.4, 0.5) is 10.5 Å². The number of rotatable bonds is 11. The molecule has 46 heavy (non-hydrogen) atoms. The first kappa shape index (κ1) is 32.4. The highest BCUT2D eigenvalue weighted by Gasteiger charge is 2.34. The quantitative estimate of drug-likeness (QED) is 0.231. The van der Waals surface area contributed by atoms with Crippen molar-refractivity contribution in [2.24, 2.45) is 11.8 Å². The van der Waals surface area contributed by atoms with E-state index < -0.39 is 6.09 Å². The number of nitrogens with zero attached hydrogens (tertiary/aromatic N) is 3. The van der Waals surface area contributed by atoms with Crippen molar-refractivity contribution >= 4 is 29.0 Å². The topological polar surface area (TPSA) is 114 Å². The van der Waals surface area contributed by atoms with Gasteiger partial charge in [-0.25, -0.2) is 9.78 Å². The first-order valence-corrected chi connectivity index (χ1v) is 17.7. The number of ether oxygens (including phenoxy) is 2. The minimum Gasteiger partial charge on any atom is -0.495 e. The molecule has 3 aliphatic rings. The van der Waals surface area contributed by atoms with Crippen molar-refractivity contribution in [3.63, 3.8) is 0 Å². The normalized spacial score (nSPS) is 23.0. The molecule has 2 aromatic heterocycles. The number of anilines is 1. The molecular weight excluding hydrogens is 600 g/mol. The van der Waals surface area contributed by atoms with E-state index in [1.807, 2.05) is 24.1 Å². The van der Waals surface area contributed by atoms with Gasteiger partial charge in [0.1, 0.15) is 11.9 Å². The number of carbonyl (C=O) groups is 2. The molecule has 0 saturated heterocycles. The van der Waals surface area contributed by atoms with E-state index in [4.69, 9.17) is 24.5 Å². The Labute approximate surface area is 275 Å². The molecule has 3 fully saturated rings. The van der Waals surface area contributed by atoms with Crippen LogP contribution in [0.2, 0.25) is 0 Å². The highest BCUT2D eigenvalue weighted by molar-refractivity contribution is 7.15. The lowest BCUT2D eigenvalue weighted by molar-refractivity contribution is -0.124. The summed E-state index contributed by atoms with van der Waals surface area (Å²) in [6.45, 7) is 2.73. The number of thiazole rings is 1. The van der Waals surface area contributed by atoms with E-state index in [0.717, 1.165) is 58.9 Å². The number of aromatic nitrogens is 2. The number of nitrogens with one attached hydrogen (secondary N) is 1. The summed E-state index contributed by atoms with van der Waals surface area (Å²) in [5, 5.41) is 12.7. The minimum absolute atomic E-state index is 0.114. The van der Waals surface area contributed by atoms with Gasteiger partial charge >= 0.3 is 6.09 Å². The maximum Gasteiger partial charge on any atom is 0.407 e. The van der Waals surface area contributed by atoms with Crippen molar-refractivity contribution in [3.8, 4) is 16.2 Å². The zero-order chi connectivity index (χ0) is 32.0. The molecule has 2 heterocycles. The summed E-state index contributed by atoms with van der Waals surface area (Å²) in [4.78, 5) is 39.1. The summed E-state index contributed by atoms with van der Waals surface area (Å²) in [6.07, 6.45) is 10.6. The van der Waals surface area contributed by atoms with Gasteiger partial charge in [0, 0.05) is 48.4 Å². The first-order chi connectivity index (χ1) is 22.4. The van der Waals surface area contributed by atoms with Gasteiger partial charge in [0.05, 0.1) is 29.3 Å². The van der Waals surface area contributed by atoms with Crippen LogP contribution in [0.15, 0.2) is 42.6 Å². The Kier molecular flexibility index (Phi) is 10.5. The van der Waals surface area contributed by atoms with Crippen LogP contribution < -0.4 is 15.0 Å². The molecule has 3 saturated carbocycles. The molecule has 0 radical (unpaired) electrons. The minimum atomic E-state index is -0.509. The van der Waals surface area contributed by atoms with Crippen molar-refractivity contribution < 1.29 is 24.2 Å². The molecule has 0 atom stereocenters. The van der Waals surface area contributed by atoms with Crippen molar-refractivity contribution in [1.82, 2.24) is 15.3 Å². The number of aliphatic hydroxyl groups is 1. The van der Waals surface area contributed by atoms with Gasteiger partial charge in [-0.3, -0.25) is 9.78 Å². The smallest absolute Gasteiger partial charge is 0.407 e. The first-order valence-electron chi connectivity index (χ1n) is 16.9. The van der Waals surface area contributed by atoms with Crippen LogP contribution in [0.5, 0.6) is 5.75 Å². The number of alkyl carbamates (subject to hydrolysis) is 1. The van der Waals surface area contributed by atoms with Gasteiger partial charge in [0.15, 0.2) is 0 Å². The number of hydrogen-bond acceptors (Lipinski definition) is 8. The Morgan fingerprint density at radius 1 is 1.00 bits per heavy atom. The molecule has 3 aromatic rings. The molecule has 0 unspecified atom stereocenters. The second-order valence-corrected chi connectivity index (χ2v) is 14.2. The molecule has 9 nitrogen and oxygen atoms in total. The van der Waals surface area contributed by atoms with Crippen LogP contribution in [-0.2, 0) is 9.53 Å². The molecule has 6 rings (SSSR count). The number of pyridine rings is 1. The second-order valence-electron chi connectivity index (χ2n) is 13.1. The summed E-state index contributed by atoms with van der Waals surface area (Å²) in [7, 11) is 1.68. The van der Waals surface area contributed by atoms with Gasteiger partial charge < -0.3 is 24.8 Å². The van der Waals surface area contributed by atoms with Crippen molar-refractivity contribution in [3.05, 3.63) is 59.0 Å². The van der Waals surface area contributed by atoms with E-state index in [9.17, 15) is 9.59 Å². The third kappa shape index (κ3) is 7.89. The van der Waals surface area contributed by atoms with Crippen LogP contribution in [-0.4, -0.2) is 60.0 Å². The summed E-state index contributed by atoms with van der Waals surface area (Å²) in [6, 6.07) is 12.5. The average molecular weight is 647 g/mol. The Morgan fingerprint density at radius 2 is 1.76 bits per heavy atom. The van der Waals surface area contributed by atoms with Crippen LogP contribution >= 0.6 is 11.3 Å². The number of amides is 2. The zero-order valence-electron chi connectivity index (χ0n) is 27.0. The molecule has 246 valence electrons. The Hall–Kier alpha value is -3.50. The van der Waals surface area contributed by atoms with Gasteiger partial charge in [-0.1, -0.05) is 12.1 Å². The Balaban J connectivity index is 1.15. The largest absolute Gasteiger partial charge is 0.495 e. The average Bonchev–Trinajstić information content (AvgIpc) is 3.82. The van der Waals surface area contributed by atoms with Crippen molar-refractivity contribution in [2.45, 2.75) is 89.1 Å². The molecule has 10 heteroatoms. The Morgan fingerprint density at radius 3 is 2.46 bits per heavy atom. The number of methoxy groups -OCH3 is 1. The van der Waals surface area contributed by atoms with E-state index in [2.05, 4.69) is 35.6 Å². The lowest BCUT2D eigenvalue weighted by atomic mass is 9.79. The van der Waals surface area contributed by atoms with Crippen LogP contribution in [0.3, 0.4) is 0 Å². The second kappa shape index (κ2) is 14.9. The monoisotopic (exact) mass is 646 g/mol. The molecular formula is C36H46N4O5S. The van der Waals surface area contributed by atoms with Gasteiger partial charge in [-0.15, -0.1) is 11.3 Å². The third-order valence-electron chi connectivity index (χ3n) is 9.82. The van der Waals surface area contributed by atoms with E-state index in [1.165, 1.54) is 17.8 Å². The fourth-order valence-corrected chi connectivity index (χ4v) is 8.08. The van der Waals surface area contributed by atoms with E-state index in [1.54, 1.807) is 18.4 Å². The number of aryl methyl sites for hydroxylation is 1. The van der Waals surface area contributed by atoms with Gasteiger partial charge in [-0.05, 0) is 107 Å². The lowest BCUT2D eigenvalue weighted by Gasteiger charge is -2.36. The van der Waals surface area contributed by atoms with Crippen molar-refractivity contribution in [2.75, 3.05) is 31.7 Å². The zero-order valence-corrected chi connectivity index (χ0v) is 27.8. The maximum atomic E-state index is 14.3. The summed E-state index contributed by atoms with van der Waals surface area (Å²) < 4.78 is 11.0. The summed E-state index contributed by atoms with van der Waals surface area (Å²) in [5.74, 6) is 2.32. The Bertz CT molecular complexity index is 1490.